The summed E-state index contributed by atoms with van der Waals surface area (Å²) in [7, 11) is 2.12. The SMILES string of the molecule is COc1ccc(S(=O)(=O)N2CCN(c3ccc(N(C)C)cc3)CC2)cc1C. The van der Waals surface area contributed by atoms with Gasteiger partial charge in [0.25, 0.3) is 0 Å². The van der Waals surface area contributed by atoms with E-state index in [4.69, 9.17) is 4.74 Å². The maximum atomic E-state index is 13.0. The summed E-state index contributed by atoms with van der Waals surface area (Å²) in [6.07, 6.45) is 0. The molecule has 6 nitrogen and oxygen atoms in total. The zero-order valence-corrected chi connectivity index (χ0v) is 17.2. The summed E-state index contributed by atoms with van der Waals surface area (Å²) in [5, 5.41) is 0. The van der Waals surface area contributed by atoms with E-state index in [-0.39, 0.29) is 0 Å². The Labute approximate surface area is 162 Å². The van der Waals surface area contributed by atoms with Crippen LogP contribution in [0.3, 0.4) is 0 Å². The average Bonchev–Trinajstić information content (AvgIpc) is 2.68. The quantitative estimate of drug-likeness (QED) is 0.787. The first-order valence-corrected chi connectivity index (χ1v) is 10.4. The highest BCUT2D eigenvalue weighted by Crippen LogP contribution is 2.26. The van der Waals surface area contributed by atoms with Crippen LogP contribution in [0.25, 0.3) is 0 Å². The maximum absolute atomic E-state index is 13.0. The molecule has 7 heteroatoms. The van der Waals surface area contributed by atoms with Crippen LogP contribution in [0.15, 0.2) is 47.4 Å². The molecule has 0 aromatic heterocycles. The van der Waals surface area contributed by atoms with E-state index in [9.17, 15) is 8.42 Å². The molecule has 0 amide bonds. The third-order valence-electron chi connectivity index (χ3n) is 4.97. The van der Waals surface area contributed by atoms with Crippen LogP contribution < -0.4 is 14.5 Å². The number of ether oxygens (including phenoxy) is 1. The normalized spacial score (nSPS) is 15.6. The minimum Gasteiger partial charge on any atom is -0.496 e. The van der Waals surface area contributed by atoms with Crippen molar-refractivity contribution >= 4 is 21.4 Å². The van der Waals surface area contributed by atoms with Gasteiger partial charge in [0, 0.05) is 51.6 Å². The lowest BCUT2D eigenvalue weighted by molar-refractivity contribution is 0.384. The fourth-order valence-electron chi connectivity index (χ4n) is 3.31. The van der Waals surface area contributed by atoms with Crippen LogP contribution in [0, 0.1) is 6.92 Å². The van der Waals surface area contributed by atoms with Gasteiger partial charge in [0.05, 0.1) is 12.0 Å². The van der Waals surface area contributed by atoms with E-state index in [1.807, 2.05) is 21.0 Å². The first kappa shape index (κ1) is 19.5. The average molecular weight is 390 g/mol. The summed E-state index contributed by atoms with van der Waals surface area (Å²) < 4.78 is 32.7. The predicted molar refractivity (Wildman–Crippen MR) is 109 cm³/mol. The van der Waals surface area contributed by atoms with Gasteiger partial charge in [-0.15, -0.1) is 0 Å². The third kappa shape index (κ3) is 4.04. The van der Waals surface area contributed by atoms with Gasteiger partial charge in [0.1, 0.15) is 5.75 Å². The second-order valence-electron chi connectivity index (χ2n) is 6.93. The molecule has 0 N–H and O–H groups in total. The molecule has 0 atom stereocenters. The molecular weight excluding hydrogens is 362 g/mol. The molecule has 1 saturated heterocycles. The van der Waals surface area contributed by atoms with Crippen molar-refractivity contribution in [1.82, 2.24) is 4.31 Å². The maximum Gasteiger partial charge on any atom is 0.243 e. The topological polar surface area (TPSA) is 53.1 Å². The molecule has 0 radical (unpaired) electrons. The monoisotopic (exact) mass is 389 g/mol. The number of hydrogen-bond donors (Lipinski definition) is 0. The molecule has 1 heterocycles. The number of aryl methyl sites for hydroxylation is 1. The molecule has 1 fully saturated rings. The highest BCUT2D eigenvalue weighted by molar-refractivity contribution is 7.89. The van der Waals surface area contributed by atoms with Gasteiger partial charge in [-0.3, -0.25) is 0 Å². The number of piperazine rings is 1. The largest absolute Gasteiger partial charge is 0.496 e. The summed E-state index contributed by atoms with van der Waals surface area (Å²) in [4.78, 5) is 4.61. The van der Waals surface area contributed by atoms with E-state index in [1.165, 1.54) is 0 Å². The van der Waals surface area contributed by atoms with E-state index in [2.05, 4.69) is 34.1 Å². The van der Waals surface area contributed by atoms with Crippen LogP contribution in [0.1, 0.15) is 5.56 Å². The van der Waals surface area contributed by atoms with Crippen molar-refractivity contribution in [2.45, 2.75) is 11.8 Å². The van der Waals surface area contributed by atoms with E-state index in [1.54, 1.807) is 29.6 Å². The van der Waals surface area contributed by atoms with Crippen LogP contribution in [0.4, 0.5) is 11.4 Å². The van der Waals surface area contributed by atoms with Gasteiger partial charge in [-0.2, -0.15) is 4.31 Å². The highest BCUT2D eigenvalue weighted by Gasteiger charge is 2.29. The molecule has 0 aliphatic carbocycles. The first-order valence-electron chi connectivity index (χ1n) is 9.00. The number of nitrogens with zero attached hydrogens (tertiary/aromatic N) is 3. The zero-order valence-electron chi connectivity index (χ0n) is 16.3. The lowest BCUT2D eigenvalue weighted by Gasteiger charge is -2.35. The smallest absolute Gasteiger partial charge is 0.243 e. The number of sulfonamides is 1. The summed E-state index contributed by atoms with van der Waals surface area (Å²) in [5.74, 6) is 0.694. The van der Waals surface area contributed by atoms with Gasteiger partial charge in [-0.25, -0.2) is 8.42 Å². The van der Waals surface area contributed by atoms with Crippen molar-refractivity contribution in [3.05, 3.63) is 48.0 Å². The molecular formula is C20H27N3O3S. The van der Waals surface area contributed by atoms with Gasteiger partial charge in [0.2, 0.25) is 10.0 Å². The number of benzene rings is 2. The van der Waals surface area contributed by atoms with Crippen molar-refractivity contribution in [3.63, 3.8) is 0 Å². The van der Waals surface area contributed by atoms with Gasteiger partial charge in [-0.05, 0) is 55.0 Å². The Morgan fingerprint density at radius 1 is 0.963 bits per heavy atom. The second kappa shape index (κ2) is 7.78. The molecule has 0 unspecified atom stereocenters. The molecule has 2 aromatic carbocycles. The van der Waals surface area contributed by atoms with E-state index in [0.717, 1.165) is 16.9 Å². The Balaban J connectivity index is 1.70. The molecule has 1 aliphatic heterocycles. The van der Waals surface area contributed by atoms with E-state index in [0.29, 0.717) is 36.8 Å². The summed E-state index contributed by atoms with van der Waals surface area (Å²) in [6.45, 7) is 4.16. The van der Waals surface area contributed by atoms with E-state index < -0.39 is 10.0 Å². The van der Waals surface area contributed by atoms with Gasteiger partial charge in [0.15, 0.2) is 0 Å². The lowest BCUT2D eigenvalue weighted by Crippen LogP contribution is -2.48. The molecule has 3 rings (SSSR count). The number of rotatable bonds is 5. The minimum atomic E-state index is -3.49. The standard InChI is InChI=1S/C20H27N3O3S/c1-16-15-19(9-10-20(16)26-4)27(24,25)23-13-11-22(12-14-23)18-7-5-17(6-8-18)21(2)3/h5-10,15H,11-14H2,1-4H3. The van der Waals surface area contributed by atoms with E-state index >= 15 is 0 Å². The van der Waals surface area contributed by atoms with Crippen LogP contribution in [-0.4, -0.2) is 60.1 Å². The van der Waals surface area contributed by atoms with Crippen LogP contribution in [0.2, 0.25) is 0 Å². The number of anilines is 2. The zero-order chi connectivity index (χ0) is 19.6. The van der Waals surface area contributed by atoms with Crippen LogP contribution >= 0.6 is 0 Å². The van der Waals surface area contributed by atoms with Gasteiger partial charge >= 0.3 is 0 Å². The second-order valence-corrected chi connectivity index (χ2v) is 8.87. The number of methoxy groups -OCH3 is 1. The van der Waals surface area contributed by atoms with Crippen molar-refractivity contribution in [2.75, 3.05) is 57.2 Å². The van der Waals surface area contributed by atoms with Gasteiger partial charge in [-0.1, -0.05) is 0 Å². The summed E-state index contributed by atoms with van der Waals surface area (Å²) in [6, 6.07) is 13.4. The summed E-state index contributed by atoms with van der Waals surface area (Å²) in [5.41, 5.74) is 3.09. The van der Waals surface area contributed by atoms with Gasteiger partial charge < -0.3 is 14.5 Å². The number of hydrogen-bond acceptors (Lipinski definition) is 5. The molecule has 1 aliphatic rings. The van der Waals surface area contributed by atoms with Crippen molar-refractivity contribution in [3.8, 4) is 5.75 Å². The fourth-order valence-corrected chi connectivity index (χ4v) is 4.82. The Morgan fingerprint density at radius 3 is 2.11 bits per heavy atom. The third-order valence-corrected chi connectivity index (χ3v) is 6.87. The molecule has 0 spiro atoms. The van der Waals surface area contributed by atoms with Crippen molar-refractivity contribution in [2.24, 2.45) is 0 Å². The predicted octanol–water partition coefficient (Wildman–Crippen LogP) is 2.58. The fraction of sp³-hybridized carbons (Fsp3) is 0.400. The Morgan fingerprint density at radius 2 is 1.59 bits per heavy atom. The minimum absolute atomic E-state index is 0.324. The van der Waals surface area contributed by atoms with Crippen LogP contribution in [-0.2, 0) is 10.0 Å². The Kier molecular flexibility index (Phi) is 5.62. The van der Waals surface area contributed by atoms with Crippen molar-refractivity contribution in [1.29, 1.82) is 0 Å². The lowest BCUT2D eigenvalue weighted by atomic mass is 10.2. The van der Waals surface area contributed by atoms with Crippen molar-refractivity contribution < 1.29 is 13.2 Å². The molecule has 2 aromatic rings. The Bertz CT molecular complexity index is 887. The Hall–Kier alpha value is -2.25. The molecule has 0 bridgehead atoms. The molecule has 27 heavy (non-hydrogen) atoms. The molecule has 0 saturated carbocycles. The highest BCUT2D eigenvalue weighted by atomic mass is 32.2. The molecule has 146 valence electrons. The van der Waals surface area contributed by atoms with Crippen LogP contribution in [0.5, 0.6) is 5.75 Å². The summed E-state index contributed by atoms with van der Waals surface area (Å²) >= 11 is 0. The first-order chi connectivity index (χ1) is 12.8.